The van der Waals surface area contributed by atoms with Gasteiger partial charge in [-0.25, -0.2) is 4.79 Å². The maximum atomic E-state index is 11.8. The number of aliphatic hydroxyl groups excluding tert-OH is 2. The fourth-order valence-corrected chi connectivity index (χ4v) is 2.45. The molecule has 2 heterocycles. The zero-order chi connectivity index (χ0) is 14.2. The number of fused-ring (bicyclic) bond motifs is 1. The summed E-state index contributed by atoms with van der Waals surface area (Å²) in [6, 6.07) is 0. The van der Waals surface area contributed by atoms with Gasteiger partial charge in [0, 0.05) is 6.61 Å². The summed E-state index contributed by atoms with van der Waals surface area (Å²) in [6.07, 6.45) is -4.25. The third-order valence-electron chi connectivity index (χ3n) is 3.18. The third-order valence-corrected chi connectivity index (χ3v) is 3.18. The molecule has 1 unspecified atom stereocenters. The molecule has 0 radical (unpaired) electrons. The van der Waals surface area contributed by atoms with E-state index in [0.29, 0.717) is 6.61 Å². The second kappa shape index (κ2) is 5.34. The molecule has 2 saturated heterocycles. The number of hydrogen-bond donors (Lipinski definition) is 2. The molecule has 0 aromatic rings. The van der Waals surface area contributed by atoms with Gasteiger partial charge in [-0.2, -0.15) is 0 Å². The topological polar surface area (TPSA) is 94.5 Å². The zero-order valence-corrected chi connectivity index (χ0v) is 11.2. The molecule has 5 atom stereocenters. The minimum Gasteiger partial charge on any atom is -0.455 e. The summed E-state index contributed by atoms with van der Waals surface area (Å²) in [5, 5.41) is 18.9. The Bertz CT molecular complexity index is 343. The van der Waals surface area contributed by atoms with Gasteiger partial charge in [-0.1, -0.05) is 0 Å². The van der Waals surface area contributed by atoms with E-state index in [1.54, 1.807) is 20.8 Å². The number of carbonyl (C=O) groups is 1. The second-order valence-electron chi connectivity index (χ2n) is 5.09. The molecule has 0 aromatic heterocycles. The number of ether oxygens (including phenoxy) is 4. The Kier molecular flexibility index (Phi) is 4.12. The van der Waals surface area contributed by atoms with Crippen molar-refractivity contribution in [2.24, 2.45) is 0 Å². The van der Waals surface area contributed by atoms with Crippen LogP contribution in [-0.4, -0.2) is 65.7 Å². The Morgan fingerprint density at radius 2 is 2.05 bits per heavy atom. The molecule has 0 amide bonds. The molecule has 0 bridgehead atoms. The summed E-state index contributed by atoms with van der Waals surface area (Å²) in [7, 11) is 0. The third kappa shape index (κ3) is 2.75. The van der Waals surface area contributed by atoms with E-state index in [2.05, 4.69) is 0 Å². The van der Waals surface area contributed by atoms with E-state index >= 15 is 0 Å². The summed E-state index contributed by atoms with van der Waals surface area (Å²) >= 11 is 0. The molecule has 0 aliphatic carbocycles. The fourth-order valence-electron chi connectivity index (χ4n) is 2.45. The number of carbonyl (C=O) groups excluding carboxylic acids is 1. The van der Waals surface area contributed by atoms with Crippen LogP contribution in [0.15, 0.2) is 0 Å². The van der Waals surface area contributed by atoms with Crippen LogP contribution in [0, 0.1) is 0 Å². The van der Waals surface area contributed by atoms with Crippen molar-refractivity contribution in [3.8, 4) is 0 Å². The van der Waals surface area contributed by atoms with Gasteiger partial charge in [0.05, 0.1) is 6.61 Å². The smallest absolute Gasteiger partial charge is 0.338 e. The summed E-state index contributed by atoms with van der Waals surface area (Å²) in [4.78, 5) is 11.8. The van der Waals surface area contributed by atoms with Crippen LogP contribution in [0.2, 0.25) is 0 Å². The number of aliphatic hydroxyl groups is 2. The summed E-state index contributed by atoms with van der Waals surface area (Å²) in [5.74, 6) is -1.53. The first-order valence-corrected chi connectivity index (χ1v) is 6.36. The van der Waals surface area contributed by atoms with Gasteiger partial charge in [-0.05, 0) is 20.8 Å². The Labute approximate surface area is 111 Å². The van der Waals surface area contributed by atoms with E-state index in [1.807, 2.05) is 0 Å². The Hall–Kier alpha value is -0.730. The predicted octanol–water partition coefficient (Wildman–Crippen LogP) is -0.810. The molecule has 7 heteroatoms. The molecular formula is C12H20O7. The SMILES string of the molecule is CCO[C@H]1C(=O)O[C@@H]2[C@H]1OC(C)(C)O[C@@H]2C(O)CO. The van der Waals surface area contributed by atoms with Gasteiger partial charge in [0.15, 0.2) is 18.0 Å². The lowest BCUT2D eigenvalue weighted by Crippen LogP contribution is -2.59. The Balaban J connectivity index is 2.23. The van der Waals surface area contributed by atoms with Crippen molar-refractivity contribution in [2.45, 2.75) is 57.1 Å². The second-order valence-corrected chi connectivity index (χ2v) is 5.09. The molecule has 2 fully saturated rings. The van der Waals surface area contributed by atoms with Crippen LogP contribution in [0.1, 0.15) is 20.8 Å². The Morgan fingerprint density at radius 3 is 2.63 bits per heavy atom. The molecule has 0 spiro atoms. The molecule has 0 aromatic carbocycles. The van der Waals surface area contributed by atoms with Gasteiger partial charge >= 0.3 is 5.97 Å². The van der Waals surface area contributed by atoms with Crippen molar-refractivity contribution in [3.63, 3.8) is 0 Å². The average molecular weight is 276 g/mol. The van der Waals surface area contributed by atoms with Crippen LogP contribution in [0.4, 0.5) is 0 Å². The van der Waals surface area contributed by atoms with E-state index < -0.39 is 48.9 Å². The molecule has 0 saturated carbocycles. The van der Waals surface area contributed by atoms with E-state index in [4.69, 9.17) is 24.1 Å². The van der Waals surface area contributed by atoms with Gasteiger partial charge in [0.1, 0.15) is 18.3 Å². The van der Waals surface area contributed by atoms with Crippen molar-refractivity contribution in [1.29, 1.82) is 0 Å². The lowest BCUT2D eigenvalue weighted by molar-refractivity contribution is -0.342. The summed E-state index contributed by atoms with van der Waals surface area (Å²) < 4.78 is 21.7. The van der Waals surface area contributed by atoms with Gasteiger partial charge < -0.3 is 29.2 Å². The van der Waals surface area contributed by atoms with Crippen LogP contribution in [0.25, 0.3) is 0 Å². The molecule has 2 N–H and O–H groups in total. The highest BCUT2D eigenvalue weighted by Gasteiger charge is 2.57. The molecule has 110 valence electrons. The molecule has 2 aliphatic rings. The molecule has 7 nitrogen and oxygen atoms in total. The maximum Gasteiger partial charge on any atom is 0.338 e. The van der Waals surface area contributed by atoms with E-state index in [9.17, 15) is 9.90 Å². The van der Waals surface area contributed by atoms with Crippen LogP contribution >= 0.6 is 0 Å². The van der Waals surface area contributed by atoms with Gasteiger partial charge in [0.2, 0.25) is 0 Å². The standard InChI is InChI=1S/C12H20O7/c1-4-16-10-9-8(17-11(10)15)7(6(14)5-13)18-12(2,3)19-9/h6-10,13-14H,4-5H2,1-3H3/t6?,7-,8+,9-,10-/m1/s1. The lowest BCUT2D eigenvalue weighted by atomic mass is 9.99. The molecule has 19 heavy (non-hydrogen) atoms. The predicted molar refractivity (Wildman–Crippen MR) is 62.2 cm³/mol. The molecule has 2 aliphatic heterocycles. The van der Waals surface area contributed by atoms with Gasteiger partial charge in [-0.3, -0.25) is 0 Å². The highest BCUT2D eigenvalue weighted by molar-refractivity contribution is 5.78. The van der Waals surface area contributed by atoms with Crippen molar-refractivity contribution in [2.75, 3.05) is 13.2 Å². The number of hydrogen-bond acceptors (Lipinski definition) is 7. The first-order chi connectivity index (χ1) is 8.89. The van der Waals surface area contributed by atoms with Crippen LogP contribution in [0.3, 0.4) is 0 Å². The highest BCUT2D eigenvalue weighted by Crippen LogP contribution is 2.37. The first kappa shape index (κ1) is 14.7. The van der Waals surface area contributed by atoms with Crippen molar-refractivity contribution < 1.29 is 34.0 Å². The zero-order valence-electron chi connectivity index (χ0n) is 11.2. The summed E-state index contributed by atoms with van der Waals surface area (Å²) in [5.41, 5.74) is 0. The largest absolute Gasteiger partial charge is 0.455 e. The Morgan fingerprint density at radius 1 is 1.37 bits per heavy atom. The minimum absolute atomic E-state index is 0.348. The van der Waals surface area contributed by atoms with E-state index in [0.717, 1.165) is 0 Å². The van der Waals surface area contributed by atoms with Crippen LogP contribution < -0.4 is 0 Å². The van der Waals surface area contributed by atoms with Crippen LogP contribution in [0.5, 0.6) is 0 Å². The summed E-state index contributed by atoms with van der Waals surface area (Å²) in [6.45, 7) is 4.98. The molecular weight excluding hydrogens is 256 g/mol. The van der Waals surface area contributed by atoms with Crippen LogP contribution in [-0.2, 0) is 23.7 Å². The highest BCUT2D eigenvalue weighted by atomic mass is 16.8. The first-order valence-electron chi connectivity index (χ1n) is 6.36. The number of rotatable bonds is 4. The van der Waals surface area contributed by atoms with Crippen molar-refractivity contribution in [1.82, 2.24) is 0 Å². The quantitative estimate of drug-likeness (QED) is 0.648. The van der Waals surface area contributed by atoms with Crippen molar-refractivity contribution >= 4 is 5.97 Å². The van der Waals surface area contributed by atoms with Crippen molar-refractivity contribution in [3.05, 3.63) is 0 Å². The van der Waals surface area contributed by atoms with E-state index in [1.165, 1.54) is 0 Å². The lowest BCUT2D eigenvalue weighted by Gasteiger charge is -2.43. The minimum atomic E-state index is -1.15. The van der Waals surface area contributed by atoms with Gasteiger partial charge in [-0.15, -0.1) is 0 Å². The van der Waals surface area contributed by atoms with Gasteiger partial charge in [0.25, 0.3) is 0 Å². The maximum absolute atomic E-state index is 11.8. The molecule has 2 rings (SSSR count). The monoisotopic (exact) mass is 276 g/mol. The van der Waals surface area contributed by atoms with E-state index in [-0.39, 0.29) is 0 Å². The average Bonchev–Trinajstić information content (AvgIpc) is 2.64. The fraction of sp³-hybridized carbons (Fsp3) is 0.917. The normalized spacial score (nSPS) is 38.7. The number of esters is 1.